The number of halogens is 4. The number of amides is 2. The molecule has 6 nitrogen and oxygen atoms in total. The number of hydrogen-bond acceptors (Lipinski definition) is 3. The molecule has 0 radical (unpaired) electrons. The Morgan fingerprint density at radius 1 is 1.21 bits per heavy atom. The molecule has 0 saturated carbocycles. The number of nitrogens with zero attached hydrogens (tertiary/aromatic N) is 3. The zero-order valence-electron chi connectivity index (χ0n) is 15.4. The summed E-state index contributed by atoms with van der Waals surface area (Å²) in [7, 11) is 3.32. The fourth-order valence-electron chi connectivity index (χ4n) is 2.68. The molecule has 0 aliphatic rings. The van der Waals surface area contributed by atoms with E-state index in [1.54, 1.807) is 29.1 Å². The summed E-state index contributed by atoms with van der Waals surface area (Å²) in [6, 6.07) is 11.8. The number of nitrogens with one attached hydrogen (secondary N) is 1. The van der Waals surface area contributed by atoms with E-state index in [1.807, 2.05) is 13.1 Å². The molecule has 3 rings (SSSR count). The van der Waals surface area contributed by atoms with E-state index in [9.17, 15) is 18.0 Å². The number of urea groups is 1. The molecule has 152 valence electrons. The van der Waals surface area contributed by atoms with Crippen LogP contribution in [0.4, 0.5) is 29.3 Å². The topological polar surface area (TPSA) is 59.4 Å². The highest BCUT2D eigenvalue weighted by atomic mass is 79.9. The first-order valence-electron chi connectivity index (χ1n) is 8.32. The third-order valence-corrected chi connectivity index (χ3v) is 4.62. The minimum absolute atomic E-state index is 0.357. The normalized spacial score (nSPS) is 11.2. The monoisotopic (exact) mass is 468 g/mol. The molecule has 0 spiro atoms. The summed E-state index contributed by atoms with van der Waals surface area (Å²) in [5.74, 6) is -0.357. The van der Waals surface area contributed by atoms with Gasteiger partial charge in [-0.15, -0.1) is 13.2 Å². The molecule has 2 aromatic carbocycles. The van der Waals surface area contributed by atoms with Crippen molar-refractivity contribution in [1.29, 1.82) is 0 Å². The van der Waals surface area contributed by atoms with Gasteiger partial charge in [0, 0.05) is 31.0 Å². The SMILES string of the molecule is CN(C(=O)Nc1cccc(-c2c(Br)cnn2C)c1)c1ccc(OC(F)(F)F)cc1. The van der Waals surface area contributed by atoms with Gasteiger partial charge in [0.05, 0.1) is 16.4 Å². The lowest BCUT2D eigenvalue weighted by Gasteiger charge is -2.19. The molecule has 29 heavy (non-hydrogen) atoms. The molecule has 0 aliphatic heterocycles. The fraction of sp³-hybridized carbons (Fsp3) is 0.158. The van der Waals surface area contributed by atoms with Crippen LogP contribution < -0.4 is 15.0 Å². The van der Waals surface area contributed by atoms with Crippen LogP contribution in [0, 0.1) is 0 Å². The van der Waals surface area contributed by atoms with Crippen LogP contribution in [0.1, 0.15) is 0 Å². The number of alkyl halides is 3. The van der Waals surface area contributed by atoms with Gasteiger partial charge >= 0.3 is 12.4 Å². The zero-order valence-corrected chi connectivity index (χ0v) is 17.0. The second kappa shape index (κ2) is 8.16. The maximum Gasteiger partial charge on any atom is 0.573 e. The molecule has 3 aromatic rings. The van der Waals surface area contributed by atoms with Crippen LogP contribution in [0.2, 0.25) is 0 Å². The van der Waals surface area contributed by atoms with Gasteiger partial charge in [0.1, 0.15) is 5.75 Å². The van der Waals surface area contributed by atoms with Crippen LogP contribution in [-0.2, 0) is 7.05 Å². The molecule has 0 fully saturated rings. The summed E-state index contributed by atoms with van der Waals surface area (Å²) in [4.78, 5) is 13.8. The molecular weight excluding hydrogens is 453 g/mol. The fourth-order valence-corrected chi connectivity index (χ4v) is 3.25. The number of aryl methyl sites for hydroxylation is 1. The highest BCUT2D eigenvalue weighted by Gasteiger charge is 2.31. The summed E-state index contributed by atoms with van der Waals surface area (Å²) in [5.41, 5.74) is 2.67. The van der Waals surface area contributed by atoms with Gasteiger partial charge in [0.25, 0.3) is 0 Å². The van der Waals surface area contributed by atoms with Crippen molar-refractivity contribution in [3.8, 4) is 17.0 Å². The minimum atomic E-state index is -4.77. The van der Waals surface area contributed by atoms with Gasteiger partial charge in [0.15, 0.2) is 0 Å². The maximum absolute atomic E-state index is 12.5. The van der Waals surface area contributed by atoms with Crippen LogP contribution in [0.15, 0.2) is 59.2 Å². The van der Waals surface area contributed by atoms with Crippen LogP contribution in [0.5, 0.6) is 5.75 Å². The Kier molecular flexibility index (Phi) is 5.83. The first-order valence-corrected chi connectivity index (χ1v) is 9.12. The summed E-state index contributed by atoms with van der Waals surface area (Å²) >= 11 is 3.45. The largest absolute Gasteiger partial charge is 0.573 e. The number of hydrogen-bond donors (Lipinski definition) is 1. The maximum atomic E-state index is 12.5. The van der Waals surface area contributed by atoms with E-state index in [4.69, 9.17) is 0 Å². The average molecular weight is 469 g/mol. The highest BCUT2D eigenvalue weighted by Crippen LogP contribution is 2.29. The van der Waals surface area contributed by atoms with E-state index in [0.717, 1.165) is 27.9 Å². The molecular formula is C19H16BrF3N4O2. The molecule has 0 unspecified atom stereocenters. The summed E-state index contributed by atoms with van der Waals surface area (Å²) in [6.45, 7) is 0. The summed E-state index contributed by atoms with van der Waals surface area (Å²) in [5, 5.41) is 6.94. The lowest BCUT2D eigenvalue weighted by molar-refractivity contribution is -0.274. The molecule has 1 N–H and O–H groups in total. The van der Waals surface area contributed by atoms with Crippen molar-refractivity contribution < 1.29 is 22.7 Å². The molecule has 1 aromatic heterocycles. The van der Waals surface area contributed by atoms with E-state index in [0.29, 0.717) is 11.4 Å². The molecule has 0 aliphatic carbocycles. The van der Waals surface area contributed by atoms with Crippen molar-refractivity contribution in [1.82, 2.24) is 9.78 Å². The van der Waals surface area contributed by atoms with Gasteiger partial charge in [-0.05, 0) is 52.3 Å². The molecule has 10 heteroatoms. The van der Waals surface area contributed by atoms with Gasteiger partial charge < -0.3 is 10.1 Å². The van der Waals surface area contributed by atoms with Gasteiger partial charge in [-0.25, -0.2) is 4.79 Å². The van der Waals surface area contributed by atoms with E-state index in [2.05, 4.69) is 31.1 Å². The lowest BCUT2D eigenvalue weighted by atomic mass is 10.1. The third-order valence-electron chi connectivity index (χ3n) is 4.04. The van der Waals surface area contributed by atoms with Gasteiger partial charge in [-0.1, -0.05) is 12.1 Å². The van der Waals surface area contributed by atoms with Crippen molar-refractivity contribution >= 4 is 33.3 Å². The minimum Gasteiger partial charge on any atom is -0.406 e. The van der Waals surface area contributed by atoms with Crippen molar-refractivity contribution in [2.45, 2.75) is 6.36 Å². The molecule has 1 heterocycles. The number of aromatic nitrogens is 2. The quantitative estimate of drug-likeness (QED) is 0.556. The number of rotatable bonds is 4. The molecule has 0 saturated heterocycles. The number of carbonyl (C=O) groups is 1. The van der Waals surface area contributed by atoms with Crippen molar-refractivity contribution in [2.24, 2.45) is 7.05 Å². The zero-order chi connectivity index (χ0) is 21.2. The number of benzene rings is 2. The van der Waals surface area contributed by atoms with E-state index in [1.165, 1.54) is 24.1 Å². The van der Waals surface area contributed by atoms with Gasteiger partial charge in [0.2, 0.25) is 0 Å². The van der Waals surface area contributed by atoms with Crippen LogP contribution in [0.3, 0.4) is 0 Å². The van der Waals surface area contributed by atoms with Crippen LogP contribution in [-0.4, -0.2) is 29.2 Å². The first kappa shape index (κ1) is 20.7. The van der Waals surface area contributed by atoms with E-state index < -0.39 is 12.4 Å². The number of carbonyl (C=O) groups excluding carboxylic acids is 1. The molecule has 0 atom stereocenters. The predicted octanol–water partition coefficient (Wildman–Crippen LogP) is 5.42. The van der Waals surface area contributed by atoms with Gasteiger partial charge in [-0.3, -0.25) is 9.58 Å². The third kappa shape index (κ3) is 5.08. The van der Waals surface area contributed by atoms with E-state index >= 15 is 0 Å². The first-order chi connectivity index (χ1) is 13.6. The predicted molar refractivity (Wildman–Crippen MR) is 107 cm³/mol. The Morgan fingerprint density at radius 3 is 2.48 bits per heavy atom. The number of anilines is 2. The lowest BCUT2D eigenvalue weighted by Crippen LogP contribution is -2.31. The average Bonchev–Trinajstić information content (AvgIpc) is 2.99. The Bertz CT molecular complexity index is 1000. The van der Waals surface area contributed by atoms with Gasteiger partial charge in [-0.2, -0.15) is 5.10 Å². The standard InChI is InChI=1S/C19H16BrF3N4O2/c1-26(14-6-8-15(9-7-14)29-19(21,22)23)18(28)25-13-5-3-4-12(10-13)17-16(20)11-24-27(17)2/h3-11H,1-2H3,(H,25,28). The molecule has 2 amide bonds. The Hall–Kier alpha value is -3.01. The van der Waals surface area contributed by atoms with Crippen LogP contribution >= 0.6 is 15.9 Å². The highest BCUT2D eigenvalue weighted by molar-refractivity contribution is 9.10. The van der Waals surface area contributed by atoms with Crippen molar-refractivity contribution in [3.63, 3.8) is 0 Å². The van der Waals surface area contributed by atoms with Crippen molar-refractivity contribution in [3.05, 3.63) is 59.2 Å². The summed E-state index contributed by atoms with van der Waals surface area (Å²) in [6.07, 6.45) is -3.08. The van der Waals surface area contributed by atoms with Crippen LogP contribution in [0.25, 0.3) is 11.3 Å². The Labute approximate surface area is 173 Å². The smallest absolute Gasteiger partial charge is 0.406 e. The second-order valence-electron chi connectivity index (χ2n) is 6.08. The Balaban J connectivity index is 1.72. The number of ether oxygens (including phenoxy) is 1. The second-order valence-corrected chi connectivity index (χ2v) is 6.93. The van der Waals surface area contributed by atoms with Crippen molar-refractivity contribution in [2.75, 3.05) is 17.3 Å². The molecule has 0 bridgehead atoms. The summed E-state index contributed by atoms with van der Waals surface area (Å²) < 4.78 is 43.1. The Morgan fingerprint density at radius 2 is 1.90 bits per heavy atom. The van der Waals surface area contributed by atoms with E-state index in [-0.39, 0.29) is 5.75 Å².